The molecule has 0 aromatic carbocycles. The van der Waals surface area contributed by atoms with Gasteiger partial charge in [-0.25, -0.2) is 18.0 Å². The minimum atomic E-state index is -3.93. The number of pyridine rings is 1. The van der Waals surface area contributed by atoms with E-state index in [0.29, 0.717) is 10.6 Å². The summed E-state index contributed by atoms with van der Waals surface area (Å²) in [7, 11) is -3.93. The number of nitrogens with two attached hydrogens (primary N) is 1. The lowest BCUT2D eigenvalue weighted by Crippen LogP contribution is -2.62. The second-order valence-corrected chi connectivity index (χ2v) is 7.61. The minimum absolute atomic E-state index is 0.0719. The van der Waals surface area contributed by atoms with Gasteiger partial charge in [0.1, 0.15) is 12.3 Å². The summed E-state index contributed by atoms with van der Waals surface area (Å²) in [6.45, 7) is -0.633. The van der Waals surface area contributed by atoms with E-state index in [1.54, 1.807) is 18.2 Å². The average molecular weight is 379 g/mol. The summed E-state index contributed by atoms with van der Waals surface area (Å²) in [6.07, 6.45) is 1.60. The molecule has 26 heavy (non-hydrogen) atoms. The number of ether oxygens (including phenoxy) is 1. The number of β-lactam (4-membered cyclic amide) rings is 1. The van der Waals surface area contributed by atoms with Crippen LogP contribution in [0.1, 0.15) is 5.69 Å². The maximum Gasteiger partial charge on any atom is 0.404 e. The summed E-state index contributed by atoms with van der Waals surface area (Å²) < 4.78 is 29.6. The number of aromatic nitrogens is 1. The van der Waals surface area contributed by atoms with Gasteiger partial charge in [-0.2, -0.15) is 0 Å². The quantitative estimate of drug-likeness (QED) is 0.523. The lowest BCUT2D eigenvalue weighted by Gasteiger charge is -2.45. The maximum atomic E-state index is 12.6. The standard InChI is InChI=1S/C15H13N3O7S/c16-15(22)25-6-8-7-26(23,24)13-10(5-9-3-1-2-4-17-9)12(19)18(13)11(8)14(20)21/h1-5,13H,6-7H2,(H2,16,22)(H,20,21)/b10-5-/t13-/m1/s1. The van der Waals surface area contributed by atoms with E-state index in [1.165, 1.54) is 12.3 Å². The molecular weight excluding hydrogens is 366 g/mol. The van der Waals surface area contributed by atoms with Crippen LogP contribution in [-0.2, 0) is 24.2 Å². The van der Waals surface area contributed by atoms with Gasteiger partial charge in [-0.1, -0.05) is 6.07 Å². The number of carbonyl (C=O) groups is 3. The molecule has 2 amide bonds. The molecule has 0 saturated carbocycles. The molecule has 0 aliphatic carbocycles. The number of rotatable bonds is 4. The molecule has 0 radical (unpaired) electrons. The smallest absolute Gasteiger partial charge is 0.404 e. The van der Waals surface area contributed by atoms with E-state index in [9.17, 15) is 27.9 Å². The van der Waals surface area contributed by atoms with Crippen molar-refractivity contribution in [2.75, 3.05) is 12.4 Å². The molecule has 1 fully saturated rings. The molecule has 0 spiro atoms. The van der Waals surface area contributed by atoms with Gasteiger partial charge in [0.2, 0.25) is 0 Å². The third kappa shape index (κ3) is 2.92. The van der Waals surface area contributed by atoms with Gasteiger partial charge in [0.05, 0.1) is 17.0 Å². The van der Waals surface area contributed by atoms with Gasteiger partial charge >= 0.3 is 12.1 Å². The molecule has 3 rings (SSSR count). The number of aliphatic carboxylic acids is 1. The summed E-state index contributed by atoms with van der Waals surface area (Å²) in [5, 5.41) is 7.99. The van der Waals surface area contributed by atoms with Crippen LogP contribution in [0.2, 0.25) is 0 Å². The van der Waals surface area contributed by atoms with E-state index in [0.717, 1.165) is 0 Å². The van der Waals surface area contributed by atoms with Crippen LogP contribution in [0.5, 0.6) is 0 Å². The van der Waals surface area contributed by atoms with Crippen molar-refractivity contribution in [3.63, 3.8) is 0 Å². The Bertz CT molecular complexity index is 966. The van der Waals surface area contributed by atoms with Crippen LogP contribution < -0.4 is 5.73 Å². The Morgan fingerprint density at radius 1 is 1.42 bits per heavy atom. The third-order valence-electron chi connectivity index (χ3n) is 3.84. The fourth-order valence-electron chi connectivity index (χ4n) is 2.83. The van der Waals surface area contributed by atoms with Crippen LogP contribution in [0.15, 0.2) is 41.2 Å². The Hall–Kier alpha value is -3.21. The van der Waals surface area contributed by atoms with Crippen molar-refractivity contribution in [3.05, 3.63) is 46.9 Å². The van der Waals surface area contributed by atoms with Crippen molar-refractivity contribution in [1.82, 2.24) is 9.88 Å². The van der Waals surface area contributed by atoms with E-state index in [2.05, 4.69) is 9.72 Å². The van der Waals surface area contributed by atoms with Gasteiger partial charge in [0.25, 0.3) is 5.91 Å². The number of amides is 2. The monoisotopic (exact) mass is 379 g/mol. The number of carboxylic acids is 1. The number of primary amides is 1. The Kier molecular flexibility index (Phi) is 4.24. The molecule has 2 aliphatic rings. The second kappa shape index (κ2) is 6.26. The lowest BCUT2D eigenvalue weighted by molar-refractivity contribution is -0.141. The molecule has 136 valence electrons. The van der Waals surface area contributed by atoms with Crippen LogP contribution in [0, 0.1) is 0 Å². The summed E-state index contributed by atoms with van der Waals surface area (Å²) in [5.74, 6) is -2.94. The van der Waals surface area contributed by atoms with Crippen molar-refractivity contribution in [2.24, 2.45) is 5.73 Å². The highest BCUT2D eigenvalue weighted by atomic mass is 32.2. The molecule has 1 atom stereocenters. The Morgan fingerprint density at radius 2 is 2.15 bits per heavy atom. The van der Waals surface area contributed by atoms with Gasteiger partial charge < -0.3 is 15.6 Å². The molecule has 1 saturated heterocycles. The normalized spacial score (nSPS) is 22.6. The van der Waals surface area contributed by atoms with E-state index in [4.69, 9.17) is 5.73 Å². The minimum Gasteiger partial charge on any atom is -0.477 e. The van der Waals surface area contributed by atoms with Gasteiger partial charge in [-0.3, -0.25) is 14.7 Å². The fraction of sp³-hybridized carbons (Fsp3) is 0.200. The van der Waals surface area contributed by atoms with Crippen LogP contribution in [0.4, 0.5) is 4.79 Å². The summed E-state index contributed by atoms with van der Waals surface area (Å²) in [4.78, 5) is 39.4. The third-order valence-corrected chi connectivity index (χ3v) is 5.74. The van der Waals surface area contributed by atoms with E-state index in [1.807, 2.05) is 0 Å². The van der Waals surface area contributed by atoms with Crippen LogP contribution in [0.25, 0.3) is 6.08 Å². The van der Waals surface area contributed by atoms with Crippen LogP contribution in [0.3, 0.4) is 0 Å². The number of carbonyl (C=O) groups excluding carboxylic acids is 2. The lowest BCUT2D eigenvalue weighted by atomic mass is 10.0. The molecule has 11 heteroatoms. The zero-order chi connectivity index (χ0) is 19.1. The number of hydrogen-bond acceptors (Lipinski definition) is 7. The van der Waals surface area contributed by atoms with Crippen LogP contribution >= 0.6 is 0 Å². The first-order valence-electron chi connectivity index (χ1n) is 7.27. The largest absolute Gasteiger partial charge is 0.477 e. The number of fused-ring (bicyclic) bond motifs is 1. The summed E-state index contributed by atoms with van der Waals surface area (Å²) in [6, 6.07) is 4.90. The van der Waals surface area contributed by atoms with Crippen molar-refractivity contribution in [2.45, 2.75) is 5.37 Å². The molecule has 3 heterocycles. The highest BCUT2D eigenvalue weighted by molar-refractivity contribution is 7.92. The first-order chi connectivity index (χ1) is 12.2. The Morgan fingerprint density at radius 3 is 2.73 bits per heavy atom. The molecule has 10 nitrogen and oxygen atoms in total. The van der Waals surface area contributed by atoms with Crippen LogP contribution in [-0.4, -0.2) is 59.1 Å². The Labute approximate surface area is 147 Å². The average Bonchev–Trinajstić information content (AvgIpc) is 2.57. The van der Waals surface area contributed by atoms with Gasteiger partial charge in [0, 0.05) is 11.8 Å². The molecule has 2 aliphatic heterocycles. The number of nitrogens with zero attached hydrogens (tertiary/aromatic N) is 2. The number of carboxylic acid groups (broad SMARTS) is 1. The number of hydrogen-bond donors (Lipinski definition) is 2. The molecular formula is C15H13N3O7S. The molecule has 1 aromatic rings. The van der Waals surface area contributed by atoms with Crippen molar-refractivity contribution >= 4 is 33.9 Å². The van der Waals surface area contributed by atoms with Gasteiger partial charge in [0.15, 0.2) is 15.2 Å². The van der Waals surface area contributed by atoms with Crippen molar-refractivity contribution < 1.29 is 32.6 Å². The molecule has 0 bridgehead atoms. The summed E-state index contributed by atoms with van der Waals surface area (Å²) >= 11 is 0. The van der Waals surface area contributed by atoms with Gasteiger partial charge in [-0.15, -0.1) is 0 Å². The first-order valence-corrected chi connectivity index (χ1v) is 8.99. The zero-order valence-electron chi connectivity index (χ0n) is 13.2. The predicted molar refractivity (Wildman–Crippen MR) is 86.8 cm³/mol. The van der Waals surface area contributed by atoms with E-state index >= 15 is 0 Å². The van der Waals surface area contributed by atoms with Crippen molar-refractivity contribution in [1.29, 1.82) is 0 Å². The Balaban J connectivity index is 2.04. The highest BCUT2D eigenvalue weighted by Gasteiger charge is 2.56. The topological polar surface area (TPSA) is 157 Å². The van der Waals surface area contributed by atoms with Crippen molar-refractivity contribution in [3.8, 4) is 0 Å². The van der Waals surface area contributed by atoms with E-state index in [-0.39, 0.29) is 11.1 Å². The number of sulfone groups is 1. The van der Waals surface area contributed by atoms with Gasteiger partial charge in [-0.05, 0) is 18.2 Å². The predicted octanol–water partition coefficient (Wildman–Crippen LogP) is -0.504. The second-order valence-electron chi connectivity index (χ2n) is 5.55. The van der Waals surface area contributed by atoms with E-state index < -0.39 is 51.2 Å². The highest BCUT2D eigenvalue weighted by Crippen LogP contribution is 2.40. The zero-order valence-corrected chi connectivity index (χ0v) is 14.0. The maximum absolute atomic E-state index is 12.6. The molecule has 1 aromatic heterocycles. The molecule has 0 unspecified atom stereocenters. The summed E-state index contributed by atoms with van der Waals surface area (Å²) in [5.41, 5.74) is 4.39. The fourth-order valence-corrected chi connectivity index (χ4v) is 4.78. The molecule has 3 N–H and O–H groups in total. The SMILES string of the molecule is NC(=O)OCC1=C(C(=O)O)N2C(=O)/C(=C/c3ccccn3)[C@H]2S(=O)(=O)C1. The first kappa shape index (κ1) is 17.6.